The Hall–Kier alpha value is -1.52. The quantitative estimate of drug-likeness (QED) is 0.899. The minimum atomic E-state index is -0.521. The number of rotatable bonds is 5. The van der Waals surface area contributed by atoms with Gasteiger partial charge in [0.1, 0.15) is 5.60 Å². The smallest absolute Gasteiger partial charge is 0.408 e. The van der Waals surface area contributed by atoms with E-state index in [1.807, 2.05) is 40.9 Å². The Kier molecular flexibility index (Phi) is 5.20. The van der Waals surface area contributed by atoms with Crippen molar-refractivity contribution in [2.24, 2.45) is 0 Å². The lowest BCUT2D eigenvalue weighted by Crippen LogP contribution is -2.44. The first-order chi connectivity index (χ1) is 9.15. The van der Waals surface area contributed by atoms with Gasteiger partial charge in [-0.15, -0.1) is 0 Å². The highest BCUT2D eigenvalue weighted by Crippen LogP contribution is 2.21. The van der Waals surface area contributed by atoms with Crippen molar-refractivity contribution in [2.45, 2.75) is 72.1 Å². The number of imidazole rings is 1. The lowest BCUT2D eigenvalue weighted by molar-refractivity contribution is 0.0466. The van der Waals surface area contributed by atoms with Gasteiger partial charge in [0.25, 0.3) is 0 Å². The molecule has 1 heterocycles. The fourth-order valence-corrected chi connectivity index (χ4v) is 1.97. The summed E-state index contributed by atoms with van der Waals surface area (Å²) >= 11 is 0. The molecule has 0 atom stereocenters. The highest BCUT2D eigenvalue weighted by molar-refractivity contribution is 5.68. The van der Waals surface area contributed by atoms with Crippen LogP contribution in [0.5, 0.6) is 0 Å². The predicted molar refractivity (Wildman–Crippen MR) is 79.5 cm³/mol. The summed E-state index contributed by atoms with van der Waals surface area (Å²) in [5.74, 6) is 0. The van der Waals surface area contributed by atoms with Crippen LogP contribution in [0.4, 0.5) is 4.79 Å². The van der Waals surface area contributed by atoms with Gasteiger partial charge in [-0.3, -0.25) is 0 Å². The fraction of sp³-hybridized carbons (Fsp3) is 0.733. The van der Waals surface area contributed by atoms with E-state index in [2.05, 4.69) is 21.8 Å². The van der Waals surface area contributed by atoms with Gasteiger partial charge < -0.3 is 14.6 Å². The van der Waals surface area contributed by atoms with E-state index in [0.717, 1.165) is 25.1 Å². The van der Waals surface area contributed by atoms with Gasteiger partial charge in [-0.05, 0) is 41.0 Å². The number of aromatic nitrogens is 2. The molecule has 20 heavy (non-hydrogen) atoms. The van der Waals surface area contributed by atoms with Gasteiger partial charge in [-0.25, -0.2) is 9.78 Å². The van der Waals surface area contributed by atoms with Gasteiger partial charge in [0.05, 0.1) is 23.8 Å². The van der Waals surface area contributed by atoms with E-state index in [-0.39, 0.29) is 0 Å². The maximum atomic E-state index is 11.9. The third-order valence-corrected chi connectivity index (χ3v) is 2.92. The number of alkyl carbamates (subject to hydrolysis) is 1. The zero-order valence-electron chi connectivity index (χ0n) is 13.5. The number of hydrogen-bond acceptors (Lipinski definition) is 3. The van der Waals surface area contributed by atoms with E-state index in [1.165, 1.54) is 0 Å². The molecule has 5 nitrogen and oxygen atoms in total. The SMILES string of the molecule is CCCCn1cncc1C(C)(C)NC(=O)OC(C)(C)C. The van der Waals surface area contributed by atoms with Crippen LogP contribution in [0.2, 0.25) is 0 Å². The molecule has 0 radical (unpaired) electrons. The lowest BCUT2D eigenvalue weighted by Gasteiger charge is -2.29. The molecule has 0 unspecified atom stereocenters. The standard InChI is InChI=1S/C15H27N3O2/c1-7-8-9-18-11-16-10-12(18)15(5,6)17-13(19)20-14(2,3)4/h10-11H,7-9H2,1-6H3,(H,17,19). The van der Waals surface area contributed by atoms with Gasteiger partial charge in [-0.1, -0.05) is 13.3 Å². The van der Waals surface area contributed by atoms with Gasteiger partial charge in [0, 0.05) is 6.54 Å². The Morgan fingerprint density at radius 3 is 2.55 bits per heavy atom. The Morgan fingerprint density at radius 2 is 2.00 bits per heavy atom. The highest BCUT2D eigenvalue weighted by atomic mass is 16.6. The van der Waals surface area contributed by atoms with Crippen LogP contribution in [-0.2, 0) is 16.8 Å². The number of carbonyl (C=O) groups excluding carboxylic acids is 1. The van der Waals surface area contributed by atoms with Crippen molar-refractivity contribution in [3.8, 4) is 0 Å². The largest absolute Gasteiger partial charge is 0.444 e. The number of nitrogens with one attached hydrogen (secondary N) is 1. The second-order valence-corrected chi connectivity index (χ2v) is 6.58. The summed E-state index contributed by atoms with van der Waals surface area (Å²) in [7, 11) is 0. The number of carbonyl (C=O) groups is 1. The molecule has 0 aliphatic heterocycles. The van der Waals surface area contributed by atoms with Gasteiger partial charge >= 0.3 is 6.09 Å². The minimum Gasteiger partial charge on any atom is -0.444 e. The van der Waals surface area contributed by atoms with Gasteiger partial charge in [0.15, 0.2) is 0 Å². The predicted octanol–water partition coefficient (Wildman–Crippen LogP) is 3.44. The molecule has 0 fully saturated rings. The molecular formula is C15H27N3O2. The van der Waals surface area contributed by atoms with Crippen molar-refractivity contribution in [1.29, 1.82) is 0 Å². The second kappa shape index (κ2) is 6.29. The Bertz CT molecular complexity index is 444. The number of aryl methyl sites for hydroxylation is 1. The maximum Gasteiger partial charge on any atom is 0.408 e. The minimum absolute atomic E-state index is 0.411. The van der Waals surface area contributed by atoms with Crippen LogP contribution in [0.15, 0.2) is 12.5 Å². The summed E-state index contributed by atoms with van der Waals surface area (Å²) in [6, 6.07) is 0. The number of nitrogens with zero attached hydrogens (tertiary/aromatic N) is 2. The van der Waals surface area contributed by atoms with E-state index >= 15 is 0 Å². The van der Waals surface area contributed by atoms with Crippen LogP contribution in [0.25, 0.3) is 0 Å². The zero-order valence-corrected chi connectivity index (χ0v) is 13.5. The van der Waals surface area contributed by atoms with E-state index in [0.29, 0.717) is 0 Å². The Morgan fingerprint density at radius 1 is 1.35 bits per heavy atom. The first-order valence-corrected chi connectivity index (χ1v) is 7.17. The Labute approximate surface area is 121 Å². The summed E-state index contributed by atoms with van der Waals surface area (Å²) in [4.78, 5) is 16.1. The van der Waals surface area contributed by atoms with Crippen molar-refractivity contribution < 1.29 is 9.53 Å². The van der Waals surface area contributed by atoms with Crippen LogP contribution in [-0.4, -0.2) is 21.2 Å². The monoisotopic (exact) mass is 281 g/mol. The molecular weight excluding hydrogens is 254 g/mol. The fourth-order valence-electron chi connectivity index (χ4n) is 1.97. The molecule has 0 spiro atoms. The molecule has 114 valence electrons. The van der Waals surface area contributed by atoms with E-state index in [4.69, 9.17) is 4.74 Å². The molecule has 0 aliphatic carbocycles. The molecule has 0 saturated heterocycles. The van der Waals surface area contributed by atoms with Crippen LogP contribution in [0.3, 0.4) is 0 Å². The third kappa shape index (κ3) is 4.87. The number of amides is 1. The van der Waals surface area contributed by atoms with Crippen molar-refractivity contribution in [3.05, 3.63) is 18.2 Å². The number of unbranched alkanes of at least 4 members (excludes halogenated alkanes) is 1. The molecule has 1 N–H and O–H groups in total. The van der Waals surface area contributed by atoms with Crippen molar-refractivity contribution in [3.63, 3.8) is 0 Å². The molecule has 1 amide bonds. The molecule has 0 saturated carbocycles. The maximum absolute atomic E-state index is 11.9. The lowest BCUT2D eigenvalue weighted by atomic mass is 10.0. The molecule has 0 aromatic carbocycles. The number of ether oxygens (including phenoxy) is 1. The molecule has 1 aromatic rings. The molecule has 0 aliphatic rings. The van der Waals surface area contributed by atoms with Crippen LogP contribution < -0.4 is 5.32 Å². The summed E-state index contributed by atoms with van der Waals surface area (Å²) in [5, 5.41) is 2.91. The average Bonchev–Trinajstić information content (AvgIpc) is 2.71. The first kappa shape index (κ1) is 16.5. The topological polar surface area (TPSA) is 56.2 Å². The second-order valence-electron chi connectivity index (χ2n) is 6.58. The zero-order chi connectivity index (χ0) is 15.4. The molecule has 0 bridgehead atoms. The van der Waals surface area contributed by atoms with Crippen LogP contribution in [0, 0.1) is 0 Å². The van der Waals surface area contributed by atoms with Crippen LogP contribution >= 0.6 is 0 Å². The molecule has 1 aromatic heterocycles. The average molecular weight is 281 g/mol. The number of hydrogen-bond donors (Lipinski definition) is 1. The highest BCUT2D eigenvalue weighted by Gasteiger charge is 2.28. The van der Waals surface area contributed by atoms with Crippen molar-refractivity contribution in [2.75, 3.05) is 0 Å². The van der Waals surface area contributed by atoms with Gasteiger partial charge in [0.2, 0.25) is 0 Å². The van der Waals surface area contributed by atoms with Gasteiger partial charge in [-0.2, -0.15) is 0 Å². The first-order valence-electron chi connectivity index (χ1n) is 7.17. The van der Waals surface area contributed by atoms with Crippen LogP contribution in [0.1, 0.15) is 60.1 Å². The third-order valence-electron chi connectivity index (χ3n) is 2.92. The summed E-state index contributed by atoms with van der Waals surface area (Å²) < 4.78 is 7.40. The molecule has 1 rings (SSSR count). The summed E-state index contributed by atoms with van der Waals surface area (Å²) in [5.41, 5.74) is -0.0355. The summed E-state index contributed by atoms with van der Waals surface area (Å²) in [6.45, 7) is 12.5. The normalized spacial score (nSPS) is 12.3. The Balaban J connectivity index is 2.78. The van der Waals surface area contributed by atoms with Crippen molar-refractivity contribution >= 4 is 6.09 Å². The molecule has 5 heteroatoms. The van der Waals surface area contributed by atoms with Crippen molar-refractivity contribution in [1.82, 2.24) is 14.9 Å². The summed E-state index contributed by atoms with van der Waals surface area (Å²) in [6.07, 6.45) is 5.41. The van der Waals surface area contributed by atoms with E-state index in [1.54, 1.807) is 6.20 Å². The van der Waals surface area contributed by atoms with E-state index < -0.39 is 17.2 Å². The van der Waals surface area contributed by atoms with E-state index in [9.17, 15) is 4.79 Å².